The number of hydrogen-bond acceptors (Lipinski definition) is 3. The van der Waals surface area contributed by atoms with Gasteiger partial charge in [0.1, 0.15) is 5.52 Å². The van der Waals surface area contributed by atoms with E-state index in [1.54, 1.807) is 7.11 Å². The molecule has 1 fully saturated rings. The predicted octanol–water partition coefficient (Wildman–Crippen LogP) is 5.39. The summed E-state index contributed by atoms with van der Waals surface area (Å²) in [5.41, 5.74) is 7.99. The highest BCUT2D eigenvalue weighted by Gasteiger charge is 2.34. The first-order valence-electron chi connectivity index (χ1n) is 9.54. The molecule has 1 unspecified atom stereocenters. The van der Waals surface area contributed by atoms with Crippen LogP contribution < -0.4 is 4.74 Å². The van der Waals surface area contributed by atoms with Gasteiger partial charge in [0.2, 0.25) is 0 Å². The van der Waals surface area contributed by atoms with Crippen LogP contribution in [0.25, 0.3) is 22.3 Å². The smallest absolute Gasteiger partial charge is 0.297 e. The average molecular weight is 349 g/mol. The quantitative estimate of drug-likeness (QED) is 0.620. The number of imidazole rings is 1. The van der Waals surface area contributed by atoms with Crippen molar-refractivity contribution in [1.82, 2.24) is 14.5 Å². The second-order valence-corrected chi connectivity index (χ2v) is 7.56. The Morgan fingerprint density at radius 3 is 2.54 bits per heavy atom. The van der Waals surface area contributed by atoms with Crippen LogP contribution in [0.2, 0.25) is 0 Å². The molecule has 0 spiro atoms. The summed E-state index contributed by atoms with van der Waals surface area (Å²) in [5, 5.41) is 0. The maximum Gasteiger partial charge on any atom is 0.297 e. The molecule has 3 aromatic rings. The standard InChI is InChI=1S/C22H27N3O/c1-6-18(16-7-8-16)25-19-9-10-23-20(21(19)24-22(25)26-5)17-12-14(3)13(2)11-15(17)4/h9-12,16,18H,6-8H2,1-5H3. The zero-order valence-electron chi connectivity index (χ0n) is 16.3. The third-order valence-corrected chi connectivity index (χ3v) is 5.77. The van der Waals surface area contributed by atoms with Gasteiger partial charge in [-0.3, -0.25) is 9.55 Å². The third kappa shape index (κ3) is 2.68. The van der Waals surface area contributed by atoms with E-state index < -0.39 is 0 Å². The molecule has 4 heteroatoms. The summed E-state index contributed by atoms with van der Waals surface area (Å²) in [6.07, 6.45) is 5.60. The first kappa shape index (κ1) is 17.1. The van der Waals surface area contributed by atoms with Crippen LogP contribution in [0.3, 0.4) is 0 Å². The lowest BCUT2D eigenvalue weighted by molar-refractivity contribution is 0.323. The third-order valence-electron chi connectivity index (χ3n) is 5.77. The lowest BCUT2D eigenvalue weighted by Crippen LogP contribution is -2.11. The van der Waals surface area contributed by atoms with Crippen LogP contribution in [0.15, 0.2) is 24.4 Å². The lowest BCUT2D eigenvalue weighted by atomic mass is 9.98. The minimum Gasteiger partial charge on any atom is -0.468 e. The molecule has 1 aliphatic rings. The predicted molar refractivity (Wildman–Crippen MR) is 106 cm³/mol. The van der Waals surface area contributed by atoms with E-state index in [4.69, 9.17) is 14.7 Å². The molecular formula is C22H27N3O. The minimum absolute atomic E-state index is 0.450. The van der Waals surface area contributed by atoms with Gasteiger partial charge < -0.3 is 4.74 Å². The second kappa shape index (κ2) is 6.42. The number of pyridine rings is 1. The van der Waals surface area contributed by atoms with Gasteiger partial charge in [0.25, 0.3) is 6.01 Å². The van der Waals surface area contributed by atoms with Gasteiger partial charge >= 0.3 is 0 Å². The number of fused-ring (bicyclic) bond motifs is 1. The van der Waals surface area contributed by atoms with Crippen LogP contribution in [0.4, 0.5) is 0 Å². The Balaban J connectivity index is 1.96. The van der Waals surface area contributed by atoms with Crippen LogP contribution in [0.5, 0.6) is 6.01 Å². The van der Waals surface area contributed by atoms with Gasteiger partial charge in [-0.2, -0.15) is 4.98 Å². The maximum absolute atomic E-state index is 5.68. The van der Waals surface area contributed by atoms with Crippen LogP contribution in [-0.2, 0) is 0 Å². The molecule has 1 aliphatic carbocycles. The molecule has 136 valence electrons. The molecule has 26 heavy (non-hydrogen) atoms. The molecule has 4 rings (SSSR count). The van der Waals surface area contributed by atoms with Gasteiger partial charge in [-0.05, 0) is 74.8 Å². The van der Waals surface area contributed by atoms with E-state index in [1.807, 2.05) is 6.20 Å². The lowest BCUT2D eigenvalue weighted by Gasteiger charge is -2.19. The molecule has 0 amide bonds. The molecule has 1 saturated carbocycles. The number of rotatable bonds is 5. The van der Waals surface area contributed by atoms with Gasteiger partial charge in [-0.15, -0.1) is 0 Å². The van der Waals surface area contributed by atoms with Crippen molar-refractivity contribution >= 4 is 11.0 Å². The van der Waals surface area contributed by atoms with Crippen molar-refractivity contribution in [3.05, 3.63) is 41.1 Å². The minimum atomic E-state index is 0.450. The fraction of sp³-hybridized carbons (Fsp3) is 0.455. The Bertz CT molecular complexity index is 969. The molecule has 1 aromatic carbocycles. The van der Waals surface area contributed by atoms with Gasteiger partial charge in [-0.1, -0.05) is 13.0 Å². The number of aryl methyl sites for hydroxylation is 3. The number of benzene rings is 1. The first-order valence-corrected chi connectivity index (χ1v) is 9.54. The Morgan fingerprint density at radius 1 is 1.15 bits per heavy atom. The molecule has 0 bridgehead atoms. The largest absolute Gasteiger partial charge is 0.468 e. The summed E-state index contributed by atoms with van der Waals surface area (Å²) in [5.74, 6) is 0.742. The normalized spacial score (nSPS) is 15.4. The number of ether oxygens (including phenoxy) is 1. The molecule has 2 aromatic heterocycles. The van der Waals surface area contributed by atoms with Crippen molar-refractivity contribution in [2.45, 2.75) is 53.0 Å². The average Bonchev–Trinajstić information content (AvgIpc) is 3.39. The molecule has 0 saturated heterocycles. The molecule has 0 aliphatic heterocycles. The van der Waals surface area contributed by atoms with Crippen LogP contribution >= 0.6 is 0 Å². The molecule has 2 heterocycles. The summed E-state index contributed by atoms with van der Waals surface area (Å²) in [7, 11) is 1.71. The van der Waals surface area contributed by atoms with Crippen molar-refractivity contribution in [3.8, 4) is 17.3 Å². The van der Waals surface area contributed by atoms with Crippen molar-refractivity contribution < 1.29 is 4.74 Å². The van der Waals surface area contributed by atoms with E-state index in [1.165, 1.54) is 29.5 Å². The van der Waals surface area contributed by atoms with Crippen LogP contribution in [0.1, 0.15) is 48.9 Å². The van der Waals surface area contributed by atoms with Crippen molar-refractivity contribution in [2.75, 3.05) is 7.11 Å². The number of methoxy groups -OCH3 is 1. The van der Waals surface area contributed by atoms with Gasteiger partial charge in [0.05, 0.1) is 18.3 Å². The number of hydrogen-bond donors (Lipinski definition) is 0. The highest BCUT2D eigenvalue weighted by Crippen LogP contribution is 2.45. The van der Waals surface area contributed by atoms with Gasteiger partial charge in [0, 0.05) is 17.8 Å². The van der Waals surface area contributed by atoms with E-state index in [0.717, 1.165) is 34.6 Å². The van der Waals surface area contributed by atoms with Gasteiger partial charge in [0.15, 0.2) is 0 Å². The number of aromatic nitrogens is 3. The van der Waals surface area contributed by atoms with Crippen molar-refractivity contribution in [3.63, 3.8) is 0 Å². The van der Waals surface area contributed by atoms with E-state index in [9.17, 15) is 0 Å². The zero-order valence-corrected chi connectivity index (χ0v) is 16.3. The van der Waals surface area contributed by atoms with Crippen LogP contribution in [0, 0.1) is 26.7 Å². The molecular weight excluding hydrogens is 322 g/mol. The van der Waals surface area contributed by atoms with E-state index in [-0.39, 0.29) is 0 Å². The SMILES string of the molecule is CCC(C1CC1)n1c(OC)nc2c(-c3cc(C)c(C)cc3C)nccc21. The molecule has 0 radical (unpaired) electrons. The summed E-state index contributed by atoms with van der Waals surface area (Å²) >= 11 is 0. The molecule has 1 atom stereocenters. The highest BCUT2D eigenvalue weighted by atomic mass is 16.5. The van der Waals surface area contributed by atoms with Crippen molar-refractivity contribution in [1.29, 1.82) is 0 Å². The molecule has 4 nitrogen and oxygen atoms in total. The van der Waals surface area contributed by atoms with E-state index in [0.29, 0.717) is 12.1 Å². The summed E-state index contributed by atoms with van der Waals surface area (Å²) in [4.78, 5) is 9.57. The van der Waals surface area contributed by atoms with E-state index >= 15 is 0 Å². The second-order valence-electron chi connectivity index (χ2n) is 7.56. The highest BCUT2D eigenvalue weighted by molar-refractivity contribution is 5.91. The fourth-order valence-corrected chi connectivity index (χ4v) is 4.09. The molecule has 0 N–H and O–H groups in total. The monoisotopic (exact) mass is 349 g/mol. The topological polar surface area (TPSA) is 39.9 Å². The Hall–Kier alpha value is -2.36. The summed E-state index contributed by atoms with van der Waals surface area (Å²) < 4.78 is 7.98. The Kier molecular flexibility index (Phi) is 4.22. The summed E-state index contributed by atoms with van der Waals surface area (Å²) in [6.45, 7) is 8.70. The maximum atomic E-state index is 5.68. The first-order chi connectivity index (χ1) is 12.5. The van der Waals surface area contributed by atoms with Crippen molar-refractivity contribution in [2.24, 2.45) is 5.92 Å². The number of nitrogens with zero attached hydrogens (tertiary/aromatic N) is 3. The Labute approximate surface area is 155 Å². The van der Waals surface area contributed by atoms with Gasteiger partial charge in [-0.25, -0.2) is 0 Å². The Morgan fingerprint density at radius 2 is 1.88 bits per heavy atom. The fourth-order valence-electron chi connectivity index (χ4n) is 4.09. The zero-order chi connectivity index (χ0) is 18.4. The van der Waals surface area contributed by atoms with E-state index in [2.05, 4.69) is 50.5 Å². The van der Waals surface area contributed by atoms with Crippen LogP contribution in [-0.4, -0.2) is 21.6 Å². The summed E-state index contributed by atoms with van der Waals surface area (Å²) in [6, 6.07) is 7.70.